The van der Waals surface area contributed by atoms with Gasteiger partial charge in [-0.2, -0.15) is 0 Å². The first-order valence-electron chi connectivity index (χ1n) is 11.2. The summed E-state index contributed by atoms with van der Waals surface area (Å²) in [6, 6.07) is 36.8. The van der Waals surface area contributed by atoms with Crippen LogP contribution in [0.3, 0.4) is 0 Å². The number of aryl methyl sites for hydroxylation is 1. The summed E-state index contributed by atoms with van der Waals surface area (Å²) >= 11 is 3.69. The van der Waals surface area contributed by atoms with Gasteiger partial charge in [-0.1, -0.05) is 94.8 Å². The van der Waals surface area contributed by atoms with Gasteiger partial charge in [0.15, 0.2) is 0 Å². The number of halogens is 1. The number of H-pyrrole nitrogens is 1. The van der Waals surface area contributed by atoms with Gasteiger partial charge in [-0.25, -0.2) is 0 Å². The van der Waals surface area contributed by atoms with Gasteiger partial charge in [0.05, 0.1) is 5.69 Å². The molecule has 0 spiro atoms. The van der Waals surface area contributed by atoms with Crippen LogP contribution < -0.4 is 0 Å². The summed E-state index contributed by atoms with van der Waals surface area (Å²) in [5.74, 6) is 0.0792. The predicted octanol–water partition coefficient (Wildman–Crippen LogP) is 8.27. The standard InChI is InChI=1S/C30H23BrN2/c1-33-27-15-9-8-14-23(27)29(30(33)21-12-6-3-7-13-21)28(20-10-4-2-5-11-20)25-19-32-26-17-16-22(31)18-24(25)26/h2-19,28,32H,1H3. The van der Waals surface area contributed by atoms with Gasteiger partial charge in [-0.15, -0.1) is 0 Å². The third-order valence-electron chi connectivity index (χ3n) is 6.60. The molecule has 1 unspecified atom stereocenters. The van der Waals surface area contributed by atoms with Crippen LogP contribution in [0.5, 0.6) is 0 Å². The lowest BCUT2D eigenvalue weighted by Crippen LogP contribution is -2.05. The number of aromatic amines is 1. The molecule has 1 atom stereocenters. The summed E-state index contributed by atoms with van der Waals surface area (Å²) in [7, 11) is 2.18. The molecule has 4 aromatic carbocycles. The molecule has 0 radical (unpaired) electrons. The van der Waals surface area contributed by atoms with E-state index in [1.165, 1.54) is 44.2 Å². The van der Waals surface area contributed by atoms with E-state index in [-0.39, 0.29) is 5.92 Å². The molecule has 0 amide bonds. The number of benzene rings is 4. The second kappa shape index (κ2) is 8.09. The van der Waals surface area contributed by atoms with Gasteiger partial charge in [0.25, 0.3) is 0 Å². The van der Waals surface area contributed by atoms with E-state index in [1.54, 1.807) is 0 Å². The lowest BCUT2D eigenvalue weighted by Gasteiger charge is -2.20. The minimum atomic E-state index is 0.0792. The van der Waals surface area contributed by atoms with Crippen LogP contribution in [0, 0.1) is 0 Å². The first kappa shape index (κ1) is 20.1. The number of hydrogen-bond acceptors (Lipinski definition) is 0. The minimum absolute atomic E-state index is 0.0792. The van der Waals surface area contributed by atoms with Crippen molar-refractivity contribution in [2.45, 2.75) is 5.92 Å². The maximum Gasteiger partial charge on any atom is 0.0530 e. The van der Waals surface area contributed by atoms with E-state index in [1.807, 2.05) is 0 Å². The SMILES string of the molecule is Cn1c(-c2ccccc2)c(C(c2ccccc2)c2c[nH]c3ccc(Br)cc23)c2ccccc21. The molecule has 2 heterocycles. The van der Waals surface area contributed by atoms with Gasteiger partial charge in [-0.3, -0.25) is 0 Å². The number of nitrogens with zero attached hydrogens (tertiary/aromatic N) is 1. The van der Waals surface area contributed by atoms with Crippen LogP contribution in [-0.4, -0.2) is 9.55 Å². The Morgan fingerprint density at radius 2 is 1.45 bits per heavy atom. The van der Waals surface area contributed by atoms with Crippen molar-refractivity contribution < 1.29 is 0 Å². The summed E-state index contributed by atoms with van der Waals surface area (Å²) in [5.41, 5.74) is 8.79. The molecule has 0 saturated carbocycles. The molecular weight excluding hydrogens is 468 g/mol. The van der Waals surface area contributed by atoms with E-state index < -0.39 is 0 Å². The number of hydrogen-bond donors (Lipinski definition) is 1. The highest BCUT2D eigenvalue weighted by atomic mass is 79.9. The van der Waals surface area contributed by atoms with Crippen molar-refractivity contribution in [1.82, 2.24) is 9.55 Å². The number of nitrogens with one attached hydrogen (secondary N) is 1. The van der Waals surface area contributed by atoms with Crippen LogP contribution in [0.4, 0.5) is 0 Å². The van der Waals surface area contributed by atoms with Crippen LogP contribution in [0.1, 0.15) is 22.6 Å². The Labute approximate surface area is 201 Å². The molecular formula is C30H23BrN2. The summed E-state index contributed by atoms with van der Waals surface area (Å²) in [5, 5.41) is 2.53. The van der Waals surface area contributed by atoms with Crippen molar-refractivity contribution in [3.05, 3.63) is 130 Å². The van der Waals surface area contributed by atoms with Crippen LogP contribution in [0.15, 0.2) is 114 Å². The molecule has 0 bridgehead atoms. The molecule has 3 heteroatoms. The summed E-state index contributed by atoms with van der Waals surface area (Å²) < 4.78 is 3.43. The molecule has 1 N–H and O–H groups in total. The summed E-state index contributed by atoms with van der Waals surface area (Å²) in [4.78, 5) is 3.52. The number of aromatic nitrogens is 2. The van der Waals surface area contributed by atoms with Gasteiger partial charge in [0.1, 0.15) is 0 Å². The van der Waals surface area contributed by atoms with E-state index in [0.29, 0.717) is 0 Å². The maximum absolute atomic E-state index is 3.69. The third-order valence-corrected chi connectivity index (χ3v) is 7.09. The Morgan fingerprint density at radius 3 is 2.24 bits per heavy atom. The fraction of sp³-hybridized carbons (Fsp3) is 0.0667. The first-order valence-corrected chi connectivity index (χ1v) is 12.0. The van der Waals surface area contributed by atoms with Gasteiger partial charge in [0, 0.05) is 45.4 Å². The molecule has 0 aliphatic rings. The zero-order valence-electron chi connectivity index (χ0n) is 18.3. The van der Waals surface area contributed by atoms with Crippen LogP contribution in [0.25, 0.3) is 33.1 Å². The Bertz CT molecular complexity index is 1580. The van der Waals surface area contributed by atoms with Gasteiger partial charge in [0.2, 0.25) is 0 Å². The molecule has 0 saturated heterocycles. The Morgan fingerprint density at radius 1 is 0.758 bits per heavy atom. The Kier molecular flexibility index (Phi) is 4.92. The monoisotopic (exact) mass is 490 g/mol. The van der Waals surface area contributed by atoms with Gasteiger partial charge in [-0.05, 0) is 46.5 Å². The molecule has 0 aliphatic heterocycles. The summed E-state index contributed by atoms with van der Waals surface area (Å²) in [6.45, 7) is 0. The molecule has 6 rings (SSSR count). The van der Waals surface area contributed by atoms with E-state index in [2.05, 4.69) is 142 Å². The second-order valence-electron chi connectivity index (χ2n) is 8.48. The average molecular weight is 491 g/mol. The number of rotatable bonds is 4. The van der Waals surface area contributed by atoms with Crippen LogP contribution >= 0.6 is 15.9 Å². The van der Waals surface area contributed by atoms with Gasteiger partial charge >= 0.3 is 0 Å². The maximum atomic E-state index is 3.69. The second-order valence-corrected chi connectivity index (χ2v) is 9.40. The molecule has 0 fully saturated rings. The molecule has 2 nitrogen and oxygen atoms in total. The molecule has 160 valence electrons. The highest BCUT2D eigenvalue weighted by molar-refractivity contribution is 9.10. The summed E-state index contributed by atoms with van der Waals surface area (Å²) in [6.07, 6.45) is 2.19. The zero-order valence-corrected chi connectivity index (χ0v) is 19.9. The molecule has 6 aromatic rings. The van der Waals surface area contributed by atoms with Crippen molar-refractivity contribution in [2.24, 2.45) is 7.05 Å². The van der Waals surface area contributed by atoms with E-state index in [4.69, 9.17) is 0 Å². The Balaban J connectivity index is 1.75. The smallest absolute Gasteiger partial charge is 0.0530 e. The molecule has 33 heavy (non-hydrogen) atoms. The highest BCUT2D eigenvalue weighted by Gasteiger charge is 2.28. The topological polar surface area (TPSA) is 20.7 Å². The lowest BCUT2D eigenvalue weighted by molar-refractivity contribution is 0.941. The van der Waals surface area contributed by atoms with E-state index >= 15 is 0 Å². The zero-order chi connectivity index (χ0) is 22.4. The fourth-order valence-electron chi connectivity index (χ4n) is 5.16. The van der Waals surface area contributed by atoms with E-state index in [0.717, 1.165) is 9.99 Å². The number of para-hydroxylation sites is 1. The quantitative estimate of drug-likeness (QED) is 0.256. The molecule has 0 aliphatic carbocycles. The van der Waals surface area contributed by atoms with Crippen LogP contribution in [-0.2, 0) is 7.05 Å². The number of fused-ring (bicyclic) bond motifs is 2. The van der Waals surface area contributed by atoms with Crippen LogP contribution in [0.2, 0.25) is 0 Å². The predicted molar refractivity (Wildman–Crippen MR) is 142 cm³/mol. The molecule has 2 aromatic heterocycles. The highest BCUT2D eigenvalue weighted by Crippen LogP contribution is 2.45. The lowest BCUT2D eigenvalue weighted by atomic mass is 9.82. The van der Waals surface area contributed by atoms with Crippen molar-refractivity contribution in [3.8, 4) is 11.3 Å². The minimum Gasteiger partial charge on any atom is -0.361 e. The fourth-order valence-corrected chi connectivity index (χ4v) is 5.52. The Hall–Kier alpha value is -3.56. The van der Waals surface area contributed by atoms with Gasteiger partial charge < -0.3 is 9.55 Å². The largest absolute Gasteiger partial charge is 0.361 e. The third kappa shape index (κ3) is 3.32. The average Bonchev–Trinajstić information content (AvgIpc) is 3.40. The van der Waals surface area contributed by atoms with Crippen molar-refractivity contribution in [2.75, 3.05) is 0 Å². The van der Waals surface area contributed by atoms with Crippen molar-refractivity contribution in [1.29, 1.82) is 0 Å². The van der Waals surface area contributed by atoms with Crippen molar-refractivity contribution >= 4 is 37.7 Å². The van der Waals surface area contributed by atoms with E-state index in [9.17, 15) is 0 Å². The van der Waals surface area contributed by atoms with Crippen molar-refractivity contribution in [3.63, 3.8) is 0 Å². The first-order chi connectivity index (χ1) is 16.2. The normalized spacial score (nSPS) is 12.4.